The summed E-state index contributed by atoms with van der Waals surface area (Å²) < 4.78 is 0. The first kappa shape index (κ1) is 15.8. The van der Waals surface area contributed by atoms with Crippen molar-refractivity contribution < 1.29 is 4.79 Å². The van der Waals surface area contributed by atoms with E-state index in [4.69, 9.17) is 0 Å². The number of anilines is 2. The molecule has 1 aliphatic heterocycles. The summed E-state index contributed by atoms with van der Waals surface area (Å²) in [7, 11) is 0. The van der Waals surface area contributed by atoms with Gasteiger partial charge in [0.2, 0.25) is 11.9 Å². The van der Waals surface area contributed by atoms with Gasteiger partial charge in [0.25, 0.3) is 0 Å². The van der Waals surface area contributed by atoms with Crippen LogP contribution in [0, 0.1) is 0 Å². The molecule has 23 heavy (non-hydrogen) atoms. The first-order valence-electron chi connectivity index (χ1n) is 7.81. The van der Waals surface area contributed by atoms with E-state index in [1.807, 2.05) is 23.1 Å². The Balaban J connectivity index is 1.34. The fraction of sp³-hybridized carbons (Fsp3) is 0.353. The number of benzene rings is 1. The first-order valence-corrected chi connectivity index (χ1v) is 8.97. The lowest BCUT2D eigenvalue weighted by Gasteiger charge is -2.17. The van der Waals surface area contributed by atoms with Gasteiger partial charge in [0.1, 0.15) is 0 Å². The molecule has 2 heterocycles. The Morgan fingerprint density at radius 1 is 1.22 bits per heavy atom. The van der Waals surface area contributed by atoms with Gasteiger partial charge in [-0.25, -0.2) is 9.97 Å². The molecule has 0 aliphatic carbocycles. The van der Waals surface area contributed by atoms with E-state index in [-0.39, 0.29) is 5.91 Å². The minimum atomic E-state index is 0.208. The zero-order valence-corrected chi connectivity index (χ0v) is 13.8. The Kier molecular flexibility index (Phi) is 5.47. The van der Waals surface area contributed by atoms with Gasteiger partial charge in [-0.1, -0.05) is 18.2 Å². The van der Waals surface area contributed by atoms with Crippen molar-refractivity contribution in [2.45, 2.75) is 12.8 Å². The highest BCUT2D eigenvalue weighted by molar-refractivity contribution is 7.99. The summed E-state index contributed by atoms with van der Waals surface area (Å²) in [4.78, 5) is 22.5. The third-order valence-corrected chi connectivity index (χ3v) is 4.76. The molecule has 1 aromatic heterocycles. The largest absolute Gasteiger partial charge is 0.354 e. The molecule has 1 amide bonds. The number of thioether (sulfide) groups is 1. The molecular formula is C17H20N4OS. The third-order valence-electron chi connectivity index (χ3n) is 3.73. The topological polar surface area (TPSA) is 58.1 Å². The van der Waals surface area contributed by atoms with E-state index in [9.17, 15) is 4.79 Å². The summed E-state index contributed by atoms with van der Waals surface area (Å²) >= 11 is 1.69. The van der Waals surface area contributed by atoms with Crippen LogP contribution in [-0.2, 0) is 11.2 Å². The van der Waals surface area contributed by atoms with Crippen LogP contribution < -0.4 is 10.2 Å². The van der Waals surface area contributed by atoms with Gasteiger partial charge in [0, 0.05) is 31.2 Å². The predicted octanol–water partition coefficient (Wildman–Crippen LogP) is 2.60. The second-order valence-corrected chi connectivity index (χ2v) is 6.43. The third kappa shape index (κ3) is 4.22. The molecular weight excluding hydrogens is 308 g/mol. The lowest BCUT2D eigenvalue weighted by molar-refractivity contribution is -0.116. The number of nitrogens with one attached hydrogen (secondary N) is 1. The van der Waals surface area contributed by atoms with E-state index >= 15 is 0 Å². The average Bonchev–Trinajstić information content (AvgIpc) is 3.03. The van der Waals surface area contributed by atoms with Crippen LogP contribution in [0.4, 0.5) is 11.6 Å². The molecule has 3 rings (SSSR count). The number of hydrogen-bond donors (Lipinski definition) is 1. The van der Waals surface area contributed by atoms with Crippen LogP contribution in [0.1, 0.15) is 12.0 Å². The monoisotopic (exact) mass is 328 g/mol. The lowest BCUT2D eigenvalue weighted by Crippen LogP contribution is -2.30. The number of aromatic nitrogens is 2. The fourth-order valence-corrected chi connectivity index (χ4v) is 3.42. The number of hydrogen-bond acceptors (Lipinski definition) is 5. The van der Waals surface area contributed by atoms with Gasteiger partial charge in [-0.2, -0.15) is 11.8 Å². The minimum Gasteiger partial charge on any atom is -0.354 e. The van der Waals surface area contributed by atoms with E-state index in [0.29, 0.717) is 11.7 Å². The Morgan fingerprint density at radius 2 is 2.04 bits per heavy atom. The summed E-state index contributed by atoms with van der Waals surface area (Å²) in [6, 6.07) is 9.96. The number of carbonyl (C=O) groups excluding carboxylic acids is 1. The van der Waals surface area contributed by atoms with E-state index in [0.717, 1.165) is 37.4 Å². The first-order chi connectivity index (χ1) is 11.3. The molecule has 1 N–H and O–H groups in total. The van der Waals surface area contributed by atoms with Crippen LogP contribution in [0.3, 0.4) is 0 Å². The van der Waals surface area contributed by atoms with Crippen LogP contribution in [0.5, 0.6) is 0 Å². The van der Waals surface area contributed by atoms with Gasteiger partial charge in [0.05, 0.1) is 5.75 Å². The van der Waals surface area contributed by atoms with E-state index in [1.165, 1.54) is 5.56 Å². The van der Waals surface area contributed by atoms with Crippen LogP contribution in [0.25, 0.3) is 0 Å². The number of rotatable bonds is 7. The van der Waals surface area contributed by atoms with Crippen LogP contribution in [0.15, 0.2) is 42.7 Å². The van der Waals surface area contributed by atoms with Crippen LogP contribution in [0.2, 0.25) is 0 Å². The molecule has 0 radical (unpaired) electrons. The molecule has 0 bridgehead atoms. The normalized spacial score (nSPS) is 13.0. The van der Waals surface area contributed by atoms with Crippen molar-refractivity contribution in [3.05, 3.63) is 48.3 Å². The Bertz CT molecular complexity index is 650. The van der Waals surface area contributed by atoms with Crippen LogP contribution >= 0.6 is 11.8 Å². The molecule has 0 saturated carbocycles. The fourth-order valence-electron chi connectivity index (χ4n) is 2.60. The highest BCUT2D eigenvalue weighted by atomic mass is 32.2. The van der Waals surface area contributed by atoms with E-state index in [2.05, 4.69) is 21.4 Å². The van der Waals surface area contributed by atoms with Crippen LogP contribution in [-0.4, -0.2) is 40.5 Å². The molecule has 6 heteroatoms. The molecule has 120 valence electrons. The molecule has 0 unspecified atom stereocenters. The lowest BCUT2D eigenvalue weighted by atomic mass is 10.2. The molecule has 0 atom stereocenters. The quantitative estimate of drug-likeness (QED) is 0.792. The van der Waals surface area contributed by atoms with E-state index < -0.39 is 0 Å². The zero-order valence-electron chi connectivity index (χ0n) is 12.9. The summed E-state index contributed by atoms with van der Waals surface area (Å²) in [5.74, 6) is 2.35. The van der Waals surface area contributed by atoms with Crippen molar-refractivity contribution in [2.75, 3.05) is 34.8 Å². The number of fused-ring (bicyclic) bond motifs is 1. The maximum absolute atomic E-state index is 12.3. The average molecular weight is 328 g/mol. The van der Waals surface area contributed by atoms with Crippen molar-refractivity contribution in [1.82, 2.24) is 9.97 Å². The number of amides is 1. The van der Waals surface area contributed by atoms with Crippen molar-refractivity contribution in [1.29, 1.82) is 0 Å². The standard InChI is InChI=1S/C17H20N4OS/c22-16(21-11-7-14-5-1-2-6-15(14)21)13-23-12-4-10-20-17-18-8-3-9-19-17/h1-3,5-6,8-9H,4,7,10-13H2,(H,18,19,20). The summed E-state index contributed by atoms with van der Waals surface area (Å²) in [5.41, 5.74) is 2.36. The second-order valence-electron chi connectivity index (χ2n) is 5.33. The van der Waals surface area contributed by atoms with Gasteiger partial charge in [0.15, 0.2) is 0 Å². The highest BCUT2D eigenvalue weighted by Gasteiger charge is 2.23. The molecule has 0 spiro atoms. The maximum atomic E-state index is 12.3. The summed E-state index contributed by atoms with van der Waals surface area (Å²) in [5, 5.41) is 3.17. The van der Waals surface area contributed by atoms with Gasteiger partial charge >= 0.3 is 0 Å². The molecule has 0 fully saturated rings. The second kappa shape index (κ2) is 7.97. The Hall–Kier alpha value is -2.08. The number of carbonyl (C=O) groups is 1. The molecule has 1 aliphatic rings. The Labute approximate surface area is 140 Å². The summed E-state index contributed by atoms with van der Waals surface area (Å²) in [6.07, 6.45) is 5.38. The van der Waals surface area contributed by atoms with Crippen molar-refractivity contribution in [2.24, 2.45) is 0 Å². The Morgan fingerprint density at radius 3 is 2.91 bits per heavy atom. The van der Waals surface area contributed by atoms with Crippen molar-refractivity contribution in [3.8, 4) is 0 Å². The van der Waals surface area contributed by atoms with Crippen molar-refractivity contribution >= 4 is 29.3 Å². The molecule has 2 aromatic rings. The number of para-hydroxylation sites is 1. The van der Waals surface area contributed by atoms with Gasteiger partial charge in [-0.15, -0.1) is 0 Å². The molecule has 1 aromatic carbocycles. The highest BCUT2D eigenvalue weighted by Crippen LogP contribution is 2.27. The smallest absolute Gasteiger partial charge is 0.236 e. The van der Waals surface area contributed by atoms with E-state index in [1.54, 1.807) is 30.2 Å². The van der Waals surface area contributed by atoms with Gasteiger partial charge in [-0.05, 0) is 36.3 Å². The minimum absolute atomic E-state index is 0.208. The molecule has 5 nitrogen and oxygen atoms in total. The zero-order chi connectivity index (χ0) is 15.9. The van der Waals surface area contributed by atoms with Gasteiger partial charge in [-0.3, -0.25) is 4.79 Å². The summed E-state index contributed by atoms with van der Waals surface area (Å²) in [6.45, 7) is 1.63. The maximum Gasteiger partial charge on any atom is 0.236 e. The SMILES string of the molecule is O=C(CSCCCNc1ncccn1)N1CCc2ccccc21. The van der Waals surface area contributed by atoms with Gasteiger partial charge < -0.3 is 10.2 Å². The number of nitrogens with zero attached hydrogens (tertiary/aromatic N) is 3. The van der Waals surface area contributed by atoms with Crippen molar-refractivity contribution in [3.63, 3.8) is 0 Å². The molecule has 0 saturated heterocycles. The predicted molar refractivity (Wildman–Crippen MR) is 95.0 cm³/mol.